The van der Waals surface area contributed by atoms with Gasteiger partial charge in [0.1, 0.15) is 0 Å². The average Bonchev–Trinajstić information content (AvgIpc) is 2.99. The number of anilines is 1. The Labute approximate surface area is 136 Å². The number of nitrogens with one attached hydrogen (secondary N) is 1. The van der Waals surface area contributed by atoms with Crippen molar-refractivity contribution >= 4 is 21.6 Å². The third-order valence-electron chi connectivity index (χ3n) is 3.45. The molecule has 1 amide bonds. The fraction of sp³-hybridized carbons (Fsp3) is 0.312. The highest BCUT2D eigenvalue weighted by Gasteiger charge is 2.24. The van der Waals surface area contributed by atoms with Crippen molar-refractivity contribution in [3.05, 3.63) is 47.9 Å². The van der Waals surface area contributed by atoms with Gasteiger partial charge in [0, 0.05) is 31.3 Å². The number of aryl methyl sites for hydroxylation is 1. The average molecular weight is 336 g/mol. The molecule has 0 aliphatic heterocycles. The molecule has 0 atom stereocenters. The van der Waals surface area contributed by atoms with Crippen LogP contribution in [0.5, 0.6) is 0 Å². The molecule has 2 rings (SSSR count). The van der Waals surface area contributed by atoms with E-state index < -0.39 is 10.0 Å². The van der Waals surface area contributed by atoms with Gasteiger partial charge in [-0.3, -0.25) is 4.79 Å². The summed E-state index contributed by atoms with van der Waals surface area (Å²) >= 11 is 0. The minimum Gasteiger partial charge on any atom is -0.472 e. The van der Waals surface area contributed by atoms with Gasteiger partial charge in [-0.15, -0.1) is 0 Å². The minimum atomic E-state index is -3.66. The molecule has 0 unspecified atom stereocenters. The number of furan rings is 1. The zero-order valence-corrected chi connectivity index (χ0v) is 14.2. The van der Waals surface area contributed by atoms with Crippen molar-refractivity contribution in [1.29, 1.82) is 0 Å². The molecule has 6 nitrogen and oxygen atoms in total. The SMILES string of the molecule is CCN(Cc1ccoc1)S(=O)(=O)c1ccc(C)c(NC(C)=O)c1. The molecule has 1 aromatic heterocycles. The topological polar surface area (TPSA) is 79.6 Å². The number of nitrogens with zero attached hydrogens (tertiary/aromatic N) is 1. The van der Waals surface area contributed by atoms with Gasteiger partial charge in [-0.05, 0) is 30.7 Å². The third-order valence-corrected chi connectivity index (χ3v) is 5.37. The highest BCUT2D eigenvalue weighted by atomic mass is 32.2. The van der Waals surface area contributed by atoms with E-state index in [-0.39, 0.29) is 17.3 Å². The molecule has 0 spiro atoms. The first-order chi connectivity index (χ1) is 10.8. The summed E-state index contributed by atoms with van der Waals surface area (Å²) < 4.78 is 32.0. The van der Waals surface area contributed by atoms with Crippen LogP contribution in [-0.2, 0) is 21.4 Å². The van der Waals surface area contributed by atoms with Crippen LogP contribution in [0.4, 0.5) is 5.69 Å². The Morgan fingerprint density at radius 2 is 2.04 bits per heavy atom. The van der Waals surface area contributed by atoms with Gasteiger partial charge in [0.2, 0.25) is 15.9 Å². The summed E-state index contributed by atoms with van der Waals surface area (Å²) in [6, 6.07) is 6.46. The molecule has 23 heavy (non-hydrogen) atoms. The number of sulfonamides is 1. The largest absolute Gasteiger partial charge is 0.472 e. The molecule has 1 N–H and O–H groups in total. The lowest BCUT2D eigenvalue weighted by atomic mass is 10.2. The first-order valence-electron chi connectivity index (χ1n) is 7.24. The highest BCUT2D eigenvalue weighted by molar-refractivity contribution is 7.89. The van der Waals surface area contributed by atoms with Gasteiger partial charge in [0.05, 0.1) is 17.4 Å². The zero-order valence-electron chi connectivity index (χ0n) is 13.4. The monoisotopic (exact) mass is 336 g/mol. The molecule has 0 saturated carbocycles. The van der Waals surface area contributed by atoms with Gasteiger partial charge in [0.15, 0.2) is 0 Å². The quantitative estimate of drug-likeness (QED) is 0.879. The third kappa shape index (κ3) is 4.00. The molecule has 0 aliphatic rings. The Morgan fingerprint density at radius 1 is 1.30 bits per heavy atom. The van der Waals surface area contributed by atoms with Gasteiger partial charge in [-0.2, -0.15) is 4.31 Å². The summed E-state index contributed by atoms with van der Waals surface area (Å²) in [5.74, 6) is -0.242. The Bertz CT molecular complexity index is 782. The Kier molecular flexibility index (Phi) is 5.23. The van der Waals surface area contributed by atoms with E-state index in [4.69, 9.17) is 4.42 Å². The van der Waals surface area contributed by atoms with Crippen LogP contribution in [0, 0.1) is 6.92 Å². The smallest absolute Gasteiger partial charge is 0.243 e. The van der Waals surface area contributed by atoms with Crippen LogP contribution in [-0.4, -0.2) is 25.2 Å². The molecule has 0 radical (unpaired) electrons. The van der Waals surface area contributed by atoms with Crippen LogP contribution in [0.1, 0.15) is 25.0 Å². The van der Waals surface area contributed by atoms with Gasteiger partial charge >= 0.3 is 0 Å². The van der Waals surface area contributed by atoms with Crippen LogP contribution < -0.4 is 5.32 Å². The summed E-state index contributed by atoms with van der Waals surface area (Å²) in [5.41, 5.74) is 2.08. The number of hydrogen-bond donors (Lipinski definition) is 1. The lowest BCUT2D eigenvalue weighted by Gasteiger charge is -2.20. The fourth-order valence-corrected chi connectivity index (χ4v) is 3.65. The molecule has 124 valence electrons. The number of hydrogen-bond acceptors (Lipinski definition) is 4. The van der Waals surface area contributed by atoms with E-state index in [2.05, 4.69) is 5.32 Å². The molecule has 0 aliphatic carbocycles. The standard InChI is InChI=1S/C16H20N2O4S/c1-4-18(10-14-7-8-22-11-14)23(20,21)15-6-5-12(2)16(9-15)17-13(3)19/h5-9,11H,4,10H2,1-3H3,(H,17,19). The molecule has 0 saturated heterocycles. The summed E-state index contributed by atoms with van der Waals surface area (Å²) in [6.07, 6.45) is 3.03. The molecule has 7 heteroatoms. The van der Waals surface area contributed by atoms with E-state index >= 15 is 0 Å². The molecule has 2 aromatic rings. The maximum atomic E-state index is 12.8. The summed E-state index contributed by atoms with van der Waals surface area (Å²) in [4.78, 5) is 11.4. The second-order valence-corrected chi connectivity index (χ2v) is 7.16. The lowest BCUT2D eigenvalue weighted by Crippen LogP contribution is -2.30. The van der Waals surface area contributed by atoms with E-state index in [1.54, 1.807) is 25.1 Å². The molecule has 1 aromatic carbocycles. The van der Waals surface area contributed by atoms with E-state index in [0.717, 1.165) is 11.1 Å². The van der Waals surface area contributed by atoms with Crippen LogP contribution in [0.25, 0.3) is 0 Å². The van der Waals surface area contributed by atoms with Gasteiger partial charge in [-0.25, -0.2) is 8.42 Å². The van der Waals surface area contributed by atoms with Crippen molar-refractivity contribution in [2.75, 3.05) is 11.9 Å². The van der Waals surface area contributed by atoms with Gasteiger partial charge in [-0.1, -0.05) is 13.0 Å². The van der Waals surface area contributed by atoms with Crippen LogP contribution >= 0.6 is 0 Å². The lowest BCUT2D eigenvalue weighted by molar-refractivity contribution is -0.114. The van der Waals surface area contributed by atoms with Crippen molar-refractivity contribution in [2.45, 2.75) is 32.2 Å². The molecular formula is C16H20N2O4S. The highest BCUT2D eigenvalue weighted by Crippen LogP contribution is 2.24. The molecule has 1 heterocycles. The van der Waals surface area contributed by atoms with E-state index in [1.165, 1.54) is 29.8 Å². The van der Waals surface area contributed by atoms with Crippen LogP contribution in [0.2, 0.25) is 0 Å². The summed E-state index contributed by atoms with van der Waals surface area (Å²) in [6.45, 7) is 5.54. The maximum Gasteiger partial charge on any atom is 0.243 e. The predicted molar refractivity (Wildman–Crippen MR) is 87.5 cm³/mol. The van der Waals surface area contributed by atoms with Crippen LogP contribution in [0.3, 0.4) is 0 Å². The van der Waals surface area contributed by atoms with Crippen molar-refractivity contribution < 1.29 is 17.6 Å². The Balaban J connectivity index is 2.35. The van der Waals surface area contributed by atoms with Gasteiger partial charge < -0.3 is 9.73 Å². The summed E-state index contributed by atoms with van der Waals surface area (Å²) in [5, 5.41) is 2.65. The van der Waals surface area contributed by atoms with Crippen molar-refractivity contribution in [3.63, 3.8) is 0 Å². The summed E-state index contributed by atoms with van der Waals surface area (Å²) in [7, 11) is -3.66. The fourth-order valence-electron chi connectivity index (χ4n) is 2.19. The van der Waals surface area contributed by atoms with Crippen molar-refractivity contribution in [3.8, 4) is 0 Å². The second kappa shape index (κ2) is 6.97. The number of carbonyl (C=O) groups is 1. The normalized spacial score (nSPS) is 11.7. The van der Waals surface area contributed by atoms with E-state index in [1.807, 2.05) is 6.92 Å². The maximum absolute atomic E-state index is 12.8. The Morgan fingerprint density at radius 3 is 2.61 bits per heavy atom. The first kappa shape index (κ1) is 17.2. The predicted octanol–water partition coefficient (Wildman–Crippen LogP) is 2.76. The number of rotatable bonds is 6. The van der Waals surface area contributed by atoms with Crippen LogP contribution in [0.15, 0.2) is 46.1 Å². The van der Waals surface area contributed by atoms with Crippen molar-refractivity contribution in [2.24, 2.45) is 0 Å². The number of carbonyl (C=O) groups excluding carboxylic acids is 1. The number of benzene rings is 1. The second-order valence-electron chi connectivity index (χ2n) is 5.22. The van der Waals surface area contributed by atoms with Gasteiger partial charge in [0.25, 0.3) is 0 Å². The zero-order chi connectivity index (χ0) is 17.0. The first-order valence-corrected chi connectivity index (χ1v) is 8.68. The Hall–Kier alpha value is -2.12. The van der Waals surface area contributed by atoms with E-state index in [9.17, 15) is 13.2 Å². The molecule has 0 fully saturated rings. The molecular weight excluding hydrogens is 316 g/mol. The molecule has 0 bridgehead atoms. The number of amides is 1. The van der Waals surface area contributed by atoms with Crippen molar-refractivity contribution in [1.82, 2.24) is 4.31 Å². The van der Waals surface area contributed by atoms with E-state index in [0.29, 0.717) is 12.2 Å². The minimum absolute atomic E-state index is 0.150.